The number of hydrogen-bond acceptors (Lipinski definition) is 7. The maximum atomic E-state index is 15.1. The van der Waals surface area contributed by atoms with Crippen molar-refractivity contribution in [2.45, 2.75) is 37.5 Å². The maximum absolute atomic E-state index is 15.1. The number of hydrazine groups is 1. The molecule has 7 rings (SSSR count). The van der Waals surface area contributed by atoms with Crippen molar-refractivity contribution in [3.63, 3.8) is 0 Å². The molecule has 48 heavy (non-hydrogen) atoms. The van der Waals surface area contributed by atoms with E-state index in [0.29, 0.717) is 33.0 Å². The fourth-order valence-electron chi connectivity index (χ4n) is 8.41. The van der Waals surface area contributed by atoms with E-state index in [0.717, 1.165) is 9.91 Å². The van der Waals surface area contributed by atoms with Crippen molar-refractivity contribution < 1.29 is 38.6 Å². The summed E-state index contributed by atoms with van der Waals surface area (Å²) in [5.74, 6) is -8.20. The SMILES string of the molecule is Cc1cccc(C2C3=CCC4C(=O)N(CCC(=O)O)C(=O)C4C3CC3C(=O)N(Nc4ccc(F)cc4)C(=O)C32c2ccc(Cl)cc2)c1O. The summed E-state index contributed by atoms with van der Waals surface area (Å²) in [6.07, 6.45) is 1.64. The highest BCUT2D eigenvalue weighted by Crippen LogP contribution is 2.65. The van der Waals surface area contributed by atoms with E-state index in [1.165, 1.54) is 24.3 Å². The number of halogens is 2. The van der Waals surface area contributed by atoms with Crippen LogP contribution in [0.2, 0.25) is 5.02 Å². The number of aliphatic carboxylic acids is 1. The Bertz CT molecular complexity index is 1910. The first-order valence-corrected chi connectivity index (χ1v) is 16.0. The molecule has 3 N–H and O–H groups in total. The Morgan fingerprint density at radius 3 is 2.38 bits per heavy atom. The number of phenols is 1. The van der Waals surface area contributed by atoms with Gasteiger partial charge in [-0.05, 0) is 73.2 Å². The van der Waals surface area contributed by atoms with E-state index < -0.39 is 76.8 Å². The van der Waals surface area contributed by atoms with Gasteiger partial charge in [0, 0.05) is 23.0 Å². The number of anilines is 1. The highest BCUT2D eigenvalue weighted by molar-refractivity contribution is 6.30. The average Bonchev–Trinajstić information content (AvgIpc) is 3.43. The molecule has 1 saturated carbocycles. The second kappa shape index (κ2) is 11.6. The molecule has 2 aliphatic carbocycles. The fraction of sp³-hybridized carbons (Fsp3) is 0.306. The minimum Gasteiger partial charge on any atom is -0.507 e. The Balaban J connectivity index is 1.44. The van der Waals surface area contributed by atoms with Crippen LogP contribution < -0.4 is 5.43 Å². The second-order valence-electron chi connectivity index (χ2n) is 12.9. The number of amides is 4. The van der Waals surface area contributed by atoms with Gasteiger partial charge in [0.2, 0.25) is 11.8 Å². The molecule has 6 atom stereocenters. The number of fused-ring (bicyclic) bond motifs is 4. The number of allylic oxidation sites excluding steroid dienone is 2. The van der Waals surface area contributed by atoms with Gasteiger partial charge >= 0.3 is 5.97 Å². The number of carbonyl (C=O) groups is 5. The summed E-state index contributed by atoms with van der Waals surface area (Å²) in [4.78, 5) is 69.4. The summed E-state index contributed by atoms with van der Waals surface area (Å²) >= 11 is 6.30. The number of aromatic hydroxyl groups is 1. The molecule has 4 aliphatic rings. The number of carboxylic acids is 1. The van der Waals surface area contributed by atoms with Crippen LogP contribution in [0.25, 0.3) is 0 Å². The lowest BCUT2D eigenvalue weighted by Gasteiger charge is -2.50. The van der Waals surface area contributed by atoms with Gasteiger partial charge in [-0.25, -0.2) is 4.39 Å². The lowest BCUT2D eigenvalue weighted by molar-refractivity contribution is -0.143. The van der Waals surface area contributed by atoms with Crippen molar-refractivity contribution in [2.75, 3.05) is 12.0 Å². The van der Waals surface area contributed by atoms with Gasteiger partial charge in [0.1, 0.15) is 11.6 Å². The van der Waals surface area contributed by atoms with E-state index in [2.05, 4.69) is 5.43 Å². The average molecular weight is 672 g/mol. The van der Waals surface area contributed by atoms with Crippen molar-refractivity contribution in [1.29, 1.82) is 0 Å². The van der Waals surface area contributed by atoms with E-state index in [-0.39, 0.29) is 25.1 Å². The number of aryl methyl sites for hydroxylation is 1. The molecule has 4 amide bonds. The van der Waals surface area contributed by atoms with Crippen LogP contribution in [0, 0.1) is 36.4 Å². The molecule has 0 aromatic heterocycles. The molecule has 12 heteroatoms. The van der Waals surface area contributed by atoms with E-state index in [4.69, 9.17) is 11.6 Å². The second-order valence-corrected chi connectivity index (χ2v) is 13.3. The van der Waals surface area contributed by atoms with Gasteiger partial charge in [0.05, 0.1) is 35.3 Å². The topological polar surface area (TPSA) is 144 Å². The number of imide groups is 2. The number of hydrogen-bond donors (Lipinski definition) is 3. The first kappa shape index (κ1) is 31.6. The lowest BCUT2D eigenvalue weighted by Crippen LogP contribution is -2.53. The summed E-state index contributed by atoms with van der Waals surface area (Å²) < 4.78 is 13.8. The van der Waals surface area contributed by atoms with Crippen LogP contribution in [0.15, 0.2) is 78.4 Å². The van der Waals surface area contributed by atoms with Crippen molar-refractivity contribution in [1.82, 2.24) is 9.91 Å². The molecular formula is C36H31ClFN3O7. The summed E-state index contributed by atoms with van der Waals surface area (Å²) in [5, 5.41) is 22.2. The molecule has 2 saturated heterocycles. The zero-order valence-electron chi connectivity index (χ0n) is 25.7. The largest absolute Gasteiger partial charge is 0.507 e. The van der Waals surface area contributed by atoms with Gasteiger partial charge in [-0.2, -0.15) is 5.01 Å². The van der Waals surface area contributed by atoms with E-state index >= 15 is 4.79 Å². The van der Waals surface area contributed by atoms with Crippen molar-refractivity contribution in [3.05, 3.63) is 106 Å². The Morgan fingerprint density at radius 1 is 0.979 bits per heavy atom. The van der Waals surface area contributed by atoms with E-state index in [1.54, 1.807) is 49.4 Å². The summed E-state index contributed by atoms with van der Waals surface area (Å²) in [7, 11) is 0. The Kier molecular flexibility index (Phi) is 7.62. The van der Waals surface area contributed by atoms with Gasteiger partial charge in [0.15, 0.2) is 0 Å². The van der Waals surface area contributed by atoms with Gasteiger partial charge in [-0.3, -0.25) is 34.3 Å². The summed E-state index contributed by atoms with van der Waals surface area (Å²) in [6, 6.07) is 17.0. The Labute approximate surface area is 279 Å². The molecule has 10 nitrogen and oxygen atoms in total. The quantitative estimate of drug-likeness (QED) is 0.236. The molecule has 3 aromatic carbocycles. The van der Waals surface area contributed by atoms with Gasteiger partial charge in [-0.1, -0.05) is 53.6 Å². The third-order valence-corrected chi connectivity index (χ3v) is 10.7. The zero-order chi connectivity index (χ0) is 34.1. The number of carbonyl (C=O) groups excluding carboxylic acids is 4. The minimum atomic E-state index is -1.62. The number of para-hydroxylation sites is 1. The number of rotatable bonds is 7. The van der Waals surface area contributed by atoms with Crippen LogP contribution in [0.5, 0.6) is 5.75 Å². The minimum absolute atomic E-state index is 0.0245. The molecule has 246 valence electrons. The number of likely N-dealkylation sites (tertiary alicyclic amines) is 1. The van der Waals surface area contributed by atoms with Crippen molar-refractivity contribution >= 4 is 46.9 Å². The van der Waals surface area contributed by atoms with Gasteiger partial charge in [-0.15, -0.1) is 0 Å². The lowest BCUT2D eigenvalue weighted by atomic mass is 9.49. The number of benzene rings is 3. The molecule has 0 radical (unpaired) electrons. The molecule has 3 fully saturated rings. The third kappa shape index (κ3) is 4.62. The molecular weight excluding hydrogens is 641 g/mol. The highest BCUT2D eigenvalue weighted by Gasteiger charge is 2.70. The molecule has 6 unspecified atom stereocenters. The fourth-order valence-corrected chi connectivity index (χ4v) is 8.53. The molecule has 2 aliphatic heterocycles. The number of carboxylic acid groups (broad SMARTS) is 1. The summed E-state index contributed by atoms with van der Waals surface area (Å²) in [6.45, 7) is 1.45. The molecule has 2 heterocycles. The Hall–Kier alpha value is -5.03. The van der Waals surface area contributed by atoms with Crippen LogP contribution in [-0.4, -0.2) is 56.3 Å². The predicted molar refractivity (Wildman–Crippen MR) is 171 cm³/mol. The van der Waals surface area contributed by atoms with Crippen LogP contribution in [0.4, 0.5) is 10.1 Å². The number of phenolic OH excluding ortho intramolecular Hbond substituents is 1. The van der Waals surface area contributed by atoms with Crippen molar-refractivity contribution in [2.24, 2.45) is 23.7 Å². The smallest absolute Gasteiger partial charge is 0.305 e. The van der Waals surface area contributed by atoms with Gasteiger partial charge in [0.25, 0.3) is 11.8 Å². The third-order valence-electron chi connectivity index (χ3n) is 10.5. The molecule has 0 spiro atoms. The van der Waals surface area contributed by atoms with E-state index in [9.17, 15) is 33.8 Å². The van der Waals surface area contributed by atoms with Crippen LogP contribution in [0.1, 0.15) is 41.9 Å². The van der Waals surface area contributed by atoms with Gasteiger partial charge < -0.3 is 10.2 Å². The first-order valence-electron chi connectivity index (χ1n) is 15.7. The van der Waals surface area contributed by atoms with Crippen LogP contribution in [-0.2, 0) is 29.4 Å². The monoisotopic (exact) mass is 671 g/mol. The molecule has 3 aromatic rings. The predicted octanol–water partition coefficient (Wildman–Crippen LogP) is 4.95. The summed E-state index contributed by atoms with van der Waals surface area (Å²) in [5.41, 5.74) is 3.60. The zero-order valence-corrected chi connectivity index (χ0v) is 26.5. The number of nitrogens with zero attached hydrogens (tertiary/aromatic N) is 2. The van der Waals surface area contributed by atoms with E-state index in [1.807, 2.05) is 6.08 Å². The standard InChI is InChI=1S/C36H31ClFN3O7/c1-18-3-2-4-25(31(18)44)30-23-13-14-24-29(34(47)40(32(24)45)16-15-28(42)43)26(23)17-27-33(46)41(39-22-11-9-21(38)10-12-22)35(48)36(27,30)19-5-7-20(37)8-6-19/h2-13,24,26-27,29-30,39,44H,14-17H2,1H3,(H,42,43). The highest BCUT2D eigenvalue weighted by atomic mass is 35.5. The van der Waals surface area contributed by atoms with Crippen LogP contribution >= 0.6 is 11.6 Å². The molecule has 0 bridgehead atoms. The van der Waals surface area contributed by atoms with Crippen molar-refractivity contribution in [3.8, 4) is 5.75 Å². The maximum Gasteiger partial charge on any atom is 0.305 e. The normalized spacial score (nSPS) is 27.8. The van der Waals surface area contributed by atoms with Crippen LogP contribution in [0.3, 0.4) is 0 Å². The number of nitrogens with one attached hydrogen (secondary N) is 1. The Morgan fingerprint density at radius 2 is 1.69 bits per heavy atom. The first-order chi connectivity index (χ1) is 22.9.